The lowest BCUT2D eigenvalue weighted by Crippen LogP contribution is -2.18. The molecule has 2 aromatic rings. The molecule has 0 radical (unpaired) electrons. The fraction of sp³-hybridized carbons (Fsp3) is 0.200. The van der Waals surface area contributed by atoms with Gasteiger partial charge in [0.25, 0.3) is 0 Å². The second-order valence-electron chi connectivity index (χ2n) is 4.61. The van der Waals surface area contributed by atoms with Gasteiger partial charge in [0.1, 0.15) is 11.5 Å². The normalized spacial score (nSPS) is 12.2. The SMILES string of the molecule is CC(N)Cc1ccc(Br)cc1Oc1cc(Cl)ccc1Cl. The summed E-state index contributed by atoms with van der Waals surface area (Å²) in [5, 5.41) is 1.09. The van der Waals surface area contributed by atoms with Crippen LogP contribution in [-0.4, -0.2) is 6.04 Å². The van der Waals surface area contributed by atoms with E-state index in [1.165, 1.54) is 0 Å². The number of benzene rings is 2. The van der Waals surface area contributed by atoms with Gasteiger partial charge in [0.15, 0.2) is 0 Å². The molecule has 0 aliphatic heterocycles. The Kier molecular flexibility index (Phi) is 5.33. The van der Waals surface area contributed by atoms with E-state index < -0.39 is 0 Å². The lowest BCUT2D eigenvalue weighted by molar-refractivity contribution is 0.474. The van der Waals surface area contributed by atoms with Crippen LogP contribution in [0.3, 0.4) is 0 Å². The summed E-state index contributed by atoms with van der Waals surface area (Å²) in [4.78, 5) is 0. The highest BCUT2D eigenvalue weighted by Gasteiger charge is 2.10. The second-order valence-corrected chi connectivity index (χ2v) is 6.37. The zero-order chi connectivity index (χ0) is 14.7. The molecule has 0 heterocycles. The molecule has 0 aromatic heterocycles. The van der Waals surface area contributed by atoms with Crippen LogP contribution in [0.5, 0.6) is 11.5 Å². The molecule has 2 N–H and O–H groups in total. The van der Waals surface area contributed by atoms with Crippen LogP contribution in [0.2, 0.25) is 10.0 Å². The summed E-state index contributed by atoms with van der Waals surface area (Å²) >= 11 is 15.5. The van der Waals surface area contributed by atoms with Gasteiger partial charge in [-0.3, -0.25) is 0 Å². The number of nitrogens with two attached hydrogens (primary N) is 1. The Balaban J connectivity index is 2.36. The predicted molar refractivity (Wildman–Crippen MR) is 88.0 cm³/mol. The minimum Gasteiger partial charge on any atom is -0.455 e. The largest absolute Gasteiger partial charge is 0.455 e. The highest BCUT2D eigenvalue weighted by molar-refractivity contribution is 9.10. The molecule has 2 rings (SSSR count). The maximum Gasteiger partial charge on any atom is 0.147 e. The highest BCUT2D eigenvalue weighted by Crippen LogP contribution is 2.35. The summed E-state index contributed by atoms with van der Waals surface area (Å²) in [6.07, 6.45) is 0.723. The smallest absolute Gasteiger partial charge is 0.147 e. The molecule has 0 bridgehead atoms. The Morgan fingerprint density at radius 3 is 2.60 bits per heavy atom. The Morgan fingerprint density at radius 2 is 1.90 bits per heavy atom. The van der Waals surface area contributed by atoms with E-state index in [-0.39, 0.29) is 6.04 Å². The van der Waals surface area contributed by atoms with Gasteiger partial charge in [-0.15, -0.1) is 0 Å². The van der Waals surface area contributed by atoms with Gasteiger partial charge in [-0.2, -0.15) is 0 Å². The molecular weight excluding hydrogens is 361 g/mol. The Hall–Kier alpha value is -0.740. The van der Waals surface area contributed by atoms with Gasteiger partial charge in [0, 0.05) is 21.6 Å². The van der Waals surface area contributed by atoms with Crippen molar-refractivity contribution in [1.82, 2.24) is 0 Å². The van der Waals surface area contributed by atoms with Crippen molar-refractivity contribution < 1.29 is 4.74 Å². The molecule has 0 aliphatic carbocycles. The van der Waals surface area contributed by atoms with E-state index in [0.717, 1.165) is 22.2 Å². The molecular formula is C15H14BrCl2NO. The van der Waals surface area contributed by atoms with Crippen LogP contribution >= 0.6 is 39.1 Å². The molecule has 0 fully saturated rings. The number of ether oxygens (including phenoxy) is 1. The average Bonchev–Trinajstić information content (AvgIpc) is 2.37. The second kappa shape index (κ2) is 6.81. The minimum absolute atomic E-state index is 0.0494. The van der Waals surface area contributed by atoms with Crippen molar-refractivity contribution in [3.63, 3.8) is 0 Å². The first-order valence-corrected chi connectivity index (χ1v) is 7.67. The van der Waals surface area contributed by atoms with Crippen LogP contribution in [0.25, 0.3) is 0 Å². The molecule has 0 saturated carbocycles. The summed E-state index contributed by atoms with van der Waals surface area (Å²) in [6.45, 7) is 1.96. The summed E-state index contributed by atoms with van der Waals surface area (Å²) in [5.74, 6) is 1.25. The molecule has 106 valence electrons. The summed E-state index contributed by atoms with van der Waals surface area (Å²) in [5.41, 5.74) is 6.89. The number of hydrogen-bond acceptors (Lipinski definition) is 2. The Bertz CT molecular complexity index is 617. The zero-order valence-electron chi connectivity index (χ0n) is 10.9. The quantitative estimate of drug-likeness (QED) is 0.773. The first-order chi connectivity index (χ1) is 9.45. The maximum absolute atomic E-state index is 6.12. The third kappa shape index (κ3) is 4.13. The predicted octanol–water partition coefficient (Wildman–Crippen LogP) is 5.44. The third-order valence-electron chi connectivity index (χ3n) is 2.68. The first-order valence-electron chi connectivity index (χ1n) is 6.12. The molecule has 2 nitrogen and oxygen atoms in total. The van der Waals surface area contributed by atoms with Crippen LogP contribution in [0.1, 0.15) is 12.5 Å². The fourth-order valence-electron chi connectivity index (χ4n) is 1.81. The van der Waals surface area contributed by atoms with Crippen molar-refractivity contribution in [1.29, 1.82) is 0 Å². The van der Waals surface area contributed by atoms with E-state index >= 15 is 0 Å². The van der Waals surface area contributed by atoms with Crippen molar-refractivity contribution in [2.75, 3.05) is 0 Å². The van der Waals surface area contributed by atoms with Crippen LogP contribution < -0.4 is 10.5 Å². The number of halogens is 3. The van der Waals surface area contributed by atoms with Crippen LogP contribution in [-0.2, 0) is 6.42 Å². The van der Waals surface area contributed by atoms with Gasteiger partial charge in [-0.05, 0) is 43.2 Å². The maximum atomic E-state index is 6.12. The van der Waals surface area contributed by atoms with Gasteiger partial charge in [0.05, 0.1) is 5.02 Å². The monoisotopic (exact) mass is 373 g/mol. The molecule has 0 spiro atoms. The molecule has 5 heteroatoms. The van der Waals surface area contributed by atoms with Crippen molar-refractivity contribution >= 4 is 39.1 Å². The summed E-state index contributed by atoms with van der Waals surface area (Å²) < 4.78 is 6.83. The number of hydrogen-bond donors (Lipinski definition) is 1. The molecule has 2 aromatic carbocycles. The minimum atomic E-state index is 0.0494. The average molecular weight is 375 g/mol. The fourth-order valence-corrected chi connectivity index (χ4v) is 2.47. The van der Waals surface area contributed by atoms with E-state index in [9.17, 15) is 0 Å². The van der Waals surface area contributed by atoms with Gasteiger partial charge in [0.2, 0.25) is 0 Å². The molecule has 0 saturated heterocycles. The molecule has 0 aliphatic rings. The van der Waals surface area contributed by atoms with Crippen LogP contribution in [0.15, 0.2) is 40.9 Å². The van der Waals surface area contributed by atoms with Gasteiger partial charge in [-0.1, -0.05) is 45.2 Å². The standard InChI is InChI=1S/C15H14BrCl2NO/c1-9(19)6-10-2-3-11(16)7-14(10)20-15-8-12(17)4-5-13(15)18/h2-5,7-9H,6,19H2,1H3. The Labute approximate surface area is 137 Å². The van der Waals surface area contributed by atoms with E-state index in [2.05, 4.69) is 15.9 Å². The molecule has 0 amide bonds. The van der Waals surface area contributed by atoms with Gasteiger partial charge >= 0.3 is 0 Å². The van der Waals surface area contributed by atoms with Crippen molar-refractivity contribution in [2.45, 2.75) is 19.4 Å². The first kappa shape index (κ1) is 15.6. The van der Waals surface area contributed by atoms with Crippen molar-refractivity contribution in [3.05, 3.63) is 56.5 Å². The van der Waals surface area contributed by atoms with Gasteiger partial charge in [-0.25, -0.2) is 0 Å². The zero-order valence-corrected chi connectivity index (χ0v) is 14.0. The summed E-state index contributed by atoms with van der Waals surface area (Å²) in [7, 11) is 0. The molecule has 1 atom stereocenters. The third-order valence-corrected chi connectivity index (χ3v) is 3.72. The Morgan fingerprint density at radius 1 is 1.15 bits per heavy atom. The lowest BCUT2D eigenvalue weighted by Gasteiger charge is -2.14. The lowest BCUT2D eigenvalue weighted by atomic mass is 10.1. The molecule has 1 unspecified atom stereocenters. The van der Waals surface area contributed by atoms with E-state index in [1.807, 2.05) is 25.1 Å². The van der Waals surface area contributed by atoms with E-state index in [4.69, 9.17) is 33.7 Å². The van der Waals surface area contributed by atoms with Crippen molar-refractivity contribution in [3.8, 4) is 11.5 Å². The highest BCUT2D eigenvalue weighted by atomic mass is 79.9. The van der Waals surface area contributed by atoms with E-state index in [0.29, 0.717) is 15.8 Å². The van der Waals surface area contributed by atoms with Crippen LogP contribution in [0.4, 0.5) is 0 Å². The van der Waals surface area contributed by atoms with E-state index in [1.54, 1.807) is 18.2 Å². The molecule has 20 heavy (non-hydrogen) atoms. The summed E-state index contributed by atoms with van der Waals surface area (Å²) in [6, 6.07) is 11.0. The number of rotatable bonds is 4. The van der Waals surface area contributed by atoms with Gasteiger partial charge < -0.3 is 10.5 Å². The van der Waals surface area contributed by atoms with Crippen LogP contribution in [0, 0.1) is 0 Å². The van der Waals surface area contributed by atoms with Crippen molar-refractivity contribution in [2.24, 2.45) is 5.73 Å². The topological polar surface area (TPSA) is 35.2 Å².